The molecule has 0 aliphatic carbocycles. The van der Waals surface area contributed by atoms with Gasteiger partial charge in [0.15, 0.2) is 6.61 Å². The number of ether oxygens (including phenoxy) is 1. The Hall–Kier alpha value is -2.20. The van der Waals surface area contributed by atoms with Gasteiger partial charge in [-0.1, -0.05) is 40.2 Å². The fourth-order valence-corrected chi connectivity index (χ4v) is 2.62. The molecule has 2 aromatic carbocycles. The number of carbonyl (C=O) groups is 1. The molecule has 3 nitrogen and oxygen atoms in total. The van der Waals surface area contributed by atoms with Gasteiger partial charge in [0.25, 0.3) is 0 Å². The molecule has 1 heterocycles. The van der Waals surface area contributed by atoms with Gasteiger partial charge in [-0.3, -0.25) is 9.78 Å². The van der Waals surface area contributed by atoms with Crippen molar-refractivity contribution in [1.82, 2.24) is 4.98 Å². The lowest BCUT2D eigenvalue weighted by molar-refractivity contribution is 0.0922. The molecule has 3 rings (SSSR count). The lowest BCUT2D eigenvalue weighted by Crippen LogP contribution is -2.12. The quantitative estimate of drug-likeness (QED) is 0.665. The van der Waals surface area contributed by atoms with Crippen molar-refractivity contribution in [1.29, 1.82) is 0 Å². The molecule has 1 aromatic heterocycles. The molecule has 0 unspecified atom stereocenters. The molecule has 0 amide bonds. The van der Waals surface area contributed by atoms with Gasteiger partial charge in [0, 0.05) is 21.6 Å². The van der Waals surface area contributed by atoms with Crippen LogP contribution in [0.2, 0.25) is 0 Å². The third-order valence-electron chi connectivity index (χ3n) is 3.14. The summed E-state index contributed by atoms with van der Waals surface area (Å²) >= 11 is 3.38. The van der Waals surface area contributed by atoms with Crippen LogP contribution < -0.4 is 4.74 Å². The Kier molecular flexibility index (Phi) is 3.97. The van der Waals surface area contributed by atoms with Crippen molar-refractivity contribution in [3.63, 3.8) is 0 Å². The van der Waals surface area contributed by atoms with Crippen LogP contribution in [-0.4, -0.2) is 17.4 Å². The predicted molar refractivity (Wildman–Crippen MR) is 85.7 cm³/mol. The van der Waals surface area contributed by atoms with Crippen LogP contribution in [0.25, 0.3) is 10.9 Å². The number of hydrogen-bond acceptors (Lipinski definition) is 3. The van der Waals surface area contributed by atoms with E-state index in [1.807, 2.05) is 48.5 Å². The maximum Gasteiger partial charge on any atom is 0.201 e. The Labute approximate surface area is 130 Å². The van der Waals surface area contributed by atoms with Gasteiger partial charge in [0.1, 0.15) is 5.75 Å². The maximum atomic E-state index is 12.2. The first-order valence-corrected chi connectivity index (χ1v) is 7.29. The van der Waals surface area contributed by atoms with Crippen LogP contribution in [0.1, 0.15) is 10.4 Å². The molecule has 0 spiro atoms. The molecule has 0 bridgehead atoms. The van der Waals surface area contributed by atoms with E-state index >= 15 is 0 Å². The molecular formula is C17H12BrNO2. The second-order valence-electron chi connectivity index (χ2n) is 4.52. The van der Waals surface area contributed by atoms with Crippen molar-refractivity contribution in [3.05, 3.63) is 70.8 Å². The molecule has 0 fully saturated rings. The minimum atomic E-state index is -0.0663. The molecule has 0 aliphatic rings. The van der Waals surface area contributed by atoms with E-state index in [2.05, 4.69) is 20.9 Å². The third-order valence-corrected chi connectivity index (χ3v) is 3.83. The van der Waals surface area contributed by atoms with E-state index in [1.165, 1.54) is 0 Å². The Balaban J connectivity index is 1.81. The summed E-state index contributed by atoms with van der Waals surface area (Å²) in [4.78, 5) is 16.5. The van der Waals surface area contributed by atoms with Gasteiger partial charge in [-0.05, 0) is 30.3 Å². The molecule has 3 aromatic rings. The van der Waals surface area contributed by atoms with Crippen LogP contribution in [0.3, 0.4) is 0 Å². The van der Waals surface area contributed by atoms with E-state index in [9.17, 15) is 4.79 Å². The highest BCUT2D eigenvalue weighted by Gasteiger charge is 2.11. The van der Waals surface area contributed by atoms with Gasteiger partial charge < -0.3 is 4.74 Å². The van der Waals surface area contributed by atoms with Crippen LogP contribution in [0.4, 0.5) is 0 Å². The number of benzene rings is 2. The van der Waals surface area contributed by atoms with Crippen molar-refractivity contribution in [2.24, 2.45) is 0 Å². The summed E-state index contributed by atoms with van der Waals surface area (Å²) in [6.45, 7) is -0.00335. The number of rotatable bonds is 4. The highest BCUT2D eigenvalue weighted by atomic mass is 79.9. The molecule has 0 atom stereocenters. The molecule has 21 heavy (non-hydrogen) atoms. The second kappa shape index (κ2) is 6.06. The van der Waals surface area contributed by atoms with Crippen LogP contribution in [0.5, 0.6) is 5.75 Å². The first-order valence-electron chi connectivity index (χ1n) is 6.50. The van der Waals surface area contributed by atoms with Gasteiger partial charge in [0.2, 0.25) is 5.78 Å². The standard InChI is InChI=1S/C17H12BrNO2/c18-14-7-2-1-5-12(14)16(20)11-21-17-9-3-8-15-13(17)6-4-10-19-15/h1-10H,11H2. The molecule has 0 aliphatic heterocycles. The van der Waals surface area contributed by atoms with Crippen LogP contribution >= 0.6 is 15.9 Å². The zero-order chi connectivity index (χ0) is 14.7. The summed E-state index contributed by atoms with van der Waals surface area (Å²) < 4.78 is 6.46. The molecular weight excluding hydrogens is 330 g/mol. The molecule has 0 saturated heterocycles. The third kappa shape index (κ3) is 2.95. The lowest BCUT2D eigenvalue weighted by Gasteiger charge is -2.09. The summed E-state index contributed by atoms with van der Waals surface area (Å²) in [6.07, 6.45) is 1.73. The number of nitrogens with zero attached hydrogens (tertiary/aromatic N) is 1. The topological polar surface area (TPSA) is 39.2 Å². The Morgan fingerprint density at radius 1 is 1.05 bits per heavy atom. The number of pyridine rings is 1. The Bertz CT molecular complexity index is 796. The van der Waals surface area contributed by atoms with Crippen LogP contribution in [0.15, 0.2) is 65.3 Å². The average molecular weight is 342 g/mol. The van der Waals surface area contributed by atoms with Crippen molar-refractivity contribution in [3.8, 4) is 5.75 Å². The lowest BCUT2D eigenvalue weighted by atomic mass is 10.1. The second-order valence-corrected chi connectivity index (χ2v) is 5.37. The van der Waals surface area contributed by atoms with E-state index in [-0.39, 0.29) is 12.4 Å². The minimum absolute atomic E-state index is 0.00335. The van der Waals surface area contributed by atoms with Crippen LogP contribution in [0, 0.1) is 0 Å². The highest BCUT2D eigenvalue weighted by molar-refractivity contribution is 9.10. The Morgan fingerprint density at radius 2 is 1.90 bits per heavy atom. The van der Waals surface area contributed by atoms with Crippen molar-refractivity contribution >= 4 is 32.6 Å². The number of fused-ring (bicyclic) bond motifs is 1. The summed E-state index contributed by atoms with van der Waals surface area (Å²) in [6, 6.07) is 16.7. The fourth-order valence-electron chi connectivity index (χ4n) is 2.11. The fraction of sp³-hybridized carbons (Fsp3) is 0.0588. The molecule has 0 saturated carbocycles. The van der Waals surface area contributed by atoms with Gasteiger partial charge in [-0.15, -0.1) is 0 Å². The first kappa shape index (κ1) is 13.8. The number of aromatic nitrogens is 1. The number of carbonyl (C=O) groups excluding carboxylic acids is 1. The van der Waals surface area contributed by atoms with Crippen molar-refractivity contribution in [2.75, 3.05) is 6.61 Å². The van der Waals surface area contributed by atoms with E-state index < -0.39 is 0 Å². The van der Waals surface area contributed by atoms with Crippen LogP contribution in [-0.2, 0) is 0 Å². The number of ketones is 1. The van der Waals surface area contributed by atoms with Gasteiger partial charge >= 0.3 is 0 Å². The Morgan fingerprint density at radius 3 is 2.76 bits per heavy atom. The zero-order valence-electron chi connectivity index (χ0n) is 11.1. The summed E-state index contributed by atoms with van der Waals surface area (Å²) in [5, 5.41) is 0.903. The van der Waals surface area contributed by atoms with E-state index in [1.54, 1.807) is 12.3 Å². The van der Waals surface area contributed by atoms with Gasteiger partial charge in [0.05, 0.1) is 5.52 Å². The normalized spacial score (nSPS) is 10.5. The summed E-state index contributed by atoms with van der Waals surface area (Å²) in [5.74, 6) is 0.601. The van der Waals surface area contributed by atoms with Crippen molar-refractivity contribution in [2.45, 2.75) is 0 Å². The van der Waals surface area contributed by atoms with Gasteiger partial charge in [-0.25, -0.2) is 0 Å². The largest absolute Gasteiger partial charge is 0.485 e. The predicted octanol–water partition coefficient (Wildman–Crippen LogP) is 4.26. The molecule has 104 valence electrons. The van der Waals surface area contributed by atoms with E-state index in [0.717, 1.165) is 15.4 Å². The maximum absolute atomic E-state index is 12.2. The minimum Gasteiger partial charge on any atom is -0.485 e. The molecule has 0 radical (unpaired) electrons. The SMILES string of the molecule is O=C(COc1cccc2ncccc12)c1ccccc1Br. The van der Waals surface area contributed by atoms with E-state index in [0.29, 0.717) is 11.3 Å². The molecule has 0 N–H and O–H groups in total. The van der Waals surface area contributed by atoms with Crippen molar-refractivity contribution < 1.29 is 9.53 Å². The summed E-state index contributed by atoms with van der Waals surface area (Å²) in [7, 11) is 0. The van der Waals surface area contributed by atoms with E-state index in [4.69, 9.17) is 4.74 Å². The number of halogens is 1. The summed E-state index contributed by atoms with van der Waals surface area (Å²) in [5.41, 5.74) is 1.47. The highest BCUT2D eigenvalue weighted by Crippen LogP contribution is 2.24. The smallest absolute Gasteiger partial charge is 0.201 e. The zero-order valence-corrected chi connectivity index (χ0v) is 12.7. The average Bonchev–Trinajstić information content (AvgIpc) is 2.53. The number of Topliss-reactive ketones (excluding diaryl/α,β-unsaturated/α-hetero) is 1. The number of hydrogen-bond donors (Lipinski definition) is 0. The first-order chi connectivity index (χ1) is 10.3. The molecule has 4 heteroatoms. The monoisotopic (exact) mass is 341 g/mol. The van der Waals surface area contributed by atoms with Gasteiger partial charge in [-0.2, -0.15) is 0 Å².